The smallest absolute Gasteiger partial charge is 0.252 e. The molecule has 2 saturated heterocycles. The van der Waals surface area contributed by atoms with Crippen molar-refractivity contribution in [2.24, 2.45) is 11.8 Å². The maximum absolute atomic E-state index is 14.6. The first-order valence-electron chi connectivity index (χ1n) is 23.3. The number of hydrogen-bond donors (Lipinski definition) is 4. The lowest BCUT2D eigenvalue weighted by Gasteiger charge is -2.31. The van der Waals surface area contributed by atoms with E-state index in [1.807, 2.05) is 109 Å². The summed E-state index contributed by atoms with van der Waals surface area (Å²) in [4.78, 5) is 74.8. The van der Waals surface area contributed by atoms with Gasteiger partial charge in [0.05, 0.1) is 64.5 Å². The minimum atomic E-state index is -0.902. The number of carbonyl (C=O) groups is 4. The van der Waals surface area contributed by atoms with Gasteiger partial charge in [0.1, 0.15) is 35.8 Å². The fraction of sp³-hybridized carbons (Fsp3) is 0.449. The number of aryl methyl sites for hydroxylation is 2. The minimum Gasteiger partial charge on any atom is -0.470 e. The molecule has 0 unspecified atom stereocenters. The van der Waals surface area contributed by atoms with Crippen molar-refractivity contribution in [1.82, 2.24) is 59.7 Å². The Morgan fingerprint density at radius 2 is 1.51 bits per heavy atom. The third-order valence-corrected chi connectivity index (χ3v) is 14.7. The summed E-state index contributed by atoms with van der Waals surface area (Å²) < 4.78 is 12.0. The van der Waals surface area contributed by atoms with E-state index in [9.17, 15) is 29.4 Å². The number of carbonyl (C=O) groups excluding carboxylic acids is 4. The highest BCUT2D eigenvalue weighted by Crippen LogP contribution is 2.33. The van der Waals surface area contributed by atoms with Gasteiger partial charge in [0, 0.05) is 32.1 Å². The van der Waals surface area contributed by atoms with Crippen molar-refractivity contribution in [2.45, 2.75) is 117 Å². The zero-order valence-electron chi connectivity index (χ0n) is 40.1. The second-order valence-electron chi connectivity index (χ2n) is 18.6. The molecule has 368 valence electrons. The molecule has 19 nitrogen and oxygen atoms in total. The molecule has 4 aromatic heterocycles. The second-order valence-corrected chi connectivity index (χ2v) is 20.3. The van der Waals surface area contributed by atoms with E-state index in [0.717, 1.165) is 43.4 Å². The topological polar surface area (TPSA) is 244 Å². The lowest BCUT2D eigenvalue weighted by Crippen LogP contribution is -2.49. The standard InChI is InChI=1S/C49H58N12O7S2/c1-26(2)41(48(66)60-21-35(63)16-38(60)46(64)51-18-31-8-10-33(11-9-31)43-30(7)53-25-69-43)45-50-19-40(56-57-45)68-36-17-39(61(22-36)49(67)42(27(3)4)59-20-28(5)52-24-59)47(65)54-29(6)32-12-14-34(15-13-32)44-37(23-62)55-58-70-44/h8-15,19-20,24-27,29,35-36,38-39,41-42,62-63H,16-18,21-23H2,1-7H3,(H,51,64)(H,54,65)/t29-,35+,36+,38-,39-,41+,42-/m0/s1. The first kappa shape index (κ1) is 49.9. The van der Waals surface area contributed by atoms with E-state index in [-0.39, 0.29) is 80.3 Å². The summed E-state index contributed by atoms with van der Waals surface area (Å²) in [5.41, 5.74) is 7.61. The maximum atomic E-state index is 14.6. The first-order chi connectivity index (χ1) is 33.6. The summed E-state index contributed by atoms with van der Waals surface area (Å²) in [6.07, 6.45) is 3.48. The SMILES string of the molecule is Cc1cn([C@H](C(=O)N2C[C@H](Oc3cnc([C@H](C(=O)N4C[C@H](O)C[C@H]4C(=O)NCc4ccc(-c5scnc5C)cc4)C(C)C)nn3)C[C@H]2C(=O)N[C@@H](C)c2ccc(-c3snnc3CO)cc2)C(C)C)cn1. The van der Waals surface area contributed by atoms with Gasteiger partial charge in [-0.25, -0.2) is 15.0 Å². The van der Waals surface area contributed by atoms with Crippen LogP contribution in [0, 0.1) is 25.7 Å². The molecule has 0 saturated carbocycles. The first-order valence-corrected chi connectivity index (χ1v) is 25.0. The lowest BCUT2D eigenvalue weighted by molar-refractivity contribution is -0.142. The Kier molecular flexibility index (Phi) is 15.4. The fourth-order valence-electron chi connectivity index (χ4n) is 9.22. The van der Waals surface area contributed by atoms with Gasteiger partial charge < -0.3 is 40.0 Å². The molecule has 0 aliphatic carbocycles. The molecule has 7 atom stereocenters. The van der Waals surface area contributed by atoms with Crippen LogP contribution in [0.4, 0.5) is 0 Å². The molecule has 0 bridgehead atoms. The van der Waals surface area contributed by atoms with Crippen LogP contribution in [-0.4, -0.2) is 120 Å². The molecule has 0 spiro atoms. The van der Waals surface area contributed by atoms with E-state index in [4.69, 9.17) is 4.74 Å². The average molecular weight is 991 g/mol. The van der Waals surface area contributed by atoms with E-state index in [0.29, 0.717) is 5.69 Å². The number of aliphatic hydroxyl groups excluding tert-OH is 2. The quantitative estimate of drug-likeness (QED) is 0.0945. The van der Waals surface area contributed by atoms with Crippen molar-refractivity contribution >= 4 is 46.5 Å². The van der Waals surface area contributed by atoms with Crippen LogP contribution < -0.4 is 15.4 Å². The van der Waals surface area contributed by atoms with Crippen molar-refractivity contribution in [3.63, 3.8) is 0 Å². The zero-order valence-corrected chi connectivity index (χ0v) is 41.7. The Morgan fingerprint density at radius 3 is 2.14 bits per heavy atom. The van der Waals surface area contributed by atoms with Gasteiger partial charge in [-0.15, -0.1) is 26.6 Å². The molecule has 4 amide bonds. The molecule has 8 rings (SSSR count). The molecule has 2 aliphatic rings. The number of amides is 4. The third kappa shape index (κ3) is 10.9. The molecule has 6 heterocycles. The molecular formula is C49H58N12O7S2. The lowest BCUT2D eigenvalue weighted by atomic mass is 9.93. The number of hydrogen-bond acceptors (Lipinski definition) is 16. The molecular weight excluding hydrogens is 933 g/mol. The number of ether oxygens (including phenoxy) is 1. The Balaban J connectivity index is 0.945. The van der Waals surface area contributed by atoms with E-state index < -0.39 is 48.2 Å². The molecule has 4 N–H and O–H groups in total. The summed E-state index contributed by atoms with van der Waals surface area (Å²) >= 11 is 2.76. The number of β-amino-alcohol motifs (C(OH)–C–C–N with tert-alkyl or cyclic N) is 1. The Hall–Kier alpha value is -6.55. The van der Waals surface area contributed by atoms with Crippen molar-refractivity contribution < 1.29 is 34.1 Å². The number of rotatable bonds is 17. The second kappa shape index (κ2) is 21.6. The van der Waals surface area contributed by atoms with Gasteiger partial charge in [0.15, 0.2) is 5.82 Å². The highest BCUT2D eigenvalue weighted by Gasteiger charge is 2.45. The van der Waals surface area contributed by atoms with Gasteiger partial charge in [-0.2, -0.15) is 0 Å². The number of nitrogens with one attached hydrogen (secondary N) is 2. The number of imidazole rings is 1. The Labute approximate surface area is 413 Å². The summed E-state index contributed by atoms with van der Waals surface area (Å²) in [6, 6.07) is 12.6. The number of thiazole rings is 1. The van der Waals surface area contributed by atoms with Crippen LogP contribution in [0.1, 0.15) is 99.5 Å². The van der Waals surface area contributed by atoms with Crippen molar-refractivity contribution in [2.75, 3.05) is 13.1 Å². The zero-order chi connectivity index (χ0) is 49.8. The van der Waals surface area contributed by atoms with Gasteiger partial charge in [0.2, 0.25) is 23.6 Å². The summed E-state index contributed by atoms with van der Waals surface area (Å²) in [7, 11) is 0. The molecule has 2 fully saturated rings. The monoisotopic (exact) mass is 990 g/mol. The van der Waals surface area contributed by atoms with Crippen LogP contribution in [0.5, 0.6) is 5.88 Å². The normalized spacial score (nSPS) is 19.4. The van der Waals surface area contributed by atoms with E-state index in [2.05, 4.69) is 45.4 Å². The van der Waals surface area contributed by atoms with Gasteiger partial charge >= 0.3 is 0 Å². The van der Waals surface area contributed by atoms with Crippen LogP contribution in [0.25, 0.3) is 20.9 Å². The molecule has 0 radical (unpaired) electrons. The van der Waals surface area contributed by atoms with Crippen molar-refractivity contribution in [3.8, 4) is 26.8 Å². The van der Waals surface area contributed by atoms with Crippen LogP contribution in [0.15, 0.2) is 72.8 Å². The molecule has 2 aliphatic heterocycles. The Bertz CT molecular complexity index is 2780. The minimum absolute atomic E-state index is 0.0237. The van der Waals surface area contributed by atoms with E-state index in [1.54, 1.807) is 27.1 Å². The number of nitrogens with zero attached hydrogens (tertiary/aromatic N) is 10. The van der Waals surface area contributed by atoms with Crippen LogP contribution in [0.2, 0.25) is 0 Å². The van der Waals surface area contributed by atoms with Crippen LogP contribution >= 0.6 is 22.9 Å². The van der Waals surface area contributed by atoms with Crippen LogP contribution in [0.3, 0.4) is 0 Å². The largest absolute Gasteiger partial charge is 0.470 e. The van der Waals surface area contributed by atoms with Crippen molar-refractivity contribution in [1.29, 1.82) is 0 Å². The van der Waals surface area contributed by atoms with Gasteiger partial charge in [-0.1, -0.05) is 80.7 Å². The Morgan fingerprint density at radius 1 is 0.814 bits per heavy atom. The summed E-state index contributed by atoms with van der Waals surface area (Å²) in [6.45, 7) is 13.3. The average Bonchev–Trinajstić information content (AvgIpc) is 4.21. The van der Waals surface area contributed by atoms with Crippen molar-refractivity contribution in [3.05, 3.63) is 107 Å². The van der Waals surface area contributed by atoms with Crippen LogP contribution in [-0.2, 0) is 32.3 Å². The number of aromatic nitrogens is 8. The highest BCUT2D eigenvalue weighted by atomic mass is 32.1. The predicted octanol–water partition coefficient (Wildman–Crippen LogP) is 4.96. The highest BCUT2D eigenvalue weighted by molar-refractivity contribution is 7.13. The number of aliphatic hydroxyl groups is 2. The van der Waals surface area contributed by atoms with E-state index >= 15 is 0 Å². The number of likely N-dealkylation sites (tertiary alicyclic amines) is 2. The number of benzene rings is 2. The summed E-state index contributed by atoms with van der Waals surface area (Å²) in [5.74, 6) is -2.57. The maximum Gasteiger partial charge on any atom is 0.252 e. The molecule has 70 heavy (non-hydrogen) atoms. The molecule has 6 aromatic rings. The fourth-order valence-corrected chi connectivity index (χ4v) is 10.7. The predicted molar refractivity (Wildman–Crippen MR) is 261 cm³/mol. The van der Waals surface area contributed by atoms with E-state index in [1.165, 1.54) is 22.6 Å². The molecule has 21 heteroatoms. The molecule has 2 aromatic carbocycles. The summed E-state index contributed by atoms with van der Waals surface area (Å²) in [5, 5.41) is 39.1. The third-order valence-electron chi connectivity index (χ3n) is 12.9. The van der Waals surface area contributed by atoms with Gasteiger partial charge in [0.25, 0.3) is 5.88 Å². The van der Waals surface area contributed by atoms with Gasteiger partial charge in [-0.05, 0) is 66.4 Å². The van der Waals surface area contributed by atoms with Gasteiger partial charge in [-0.3, -0.25) is 19.2 Å².